The number of hydrogen-bond acceptors (Lipinski definition) is 4. The summed E-state index contributed by atoms with van der Waals surface area (Å²) in [6, 6.07) is 0.439. The number of nitrogens with two attached hydrogens (primary N) is 1. The number of rotatable bonds is 4. The van der Waals surface area contributed by atoms with Crippen LogP contribution in [0.2, 0.25) is 0 Å². The number of nitrogens with zero attached hydrogens (tertiary/aromatic N) is 3. The SMILES string of the molecule is Cc1nn(C)c(C)c1NC(=O)CN1CC(CN)CCC1C. The molecule has 1 aliphatic rings. The second kappa shape index (κ2) is 6.58. The van der Waals surface area contributed by atoms with Gasteiger partial charge in [0.05, 0.1) is 23.6 Å². The molecule has 118 valence electrons. The average molecular weight is 293 g/mol. The van der Waals surface area contributed by atoms with Gasteiger partial charge in [-0.05, 0) is 46.1 Å². The van der Waals surface area contributed by atoms with Gasteiger partial charge in [0, 0.05) is 19.6 Å². The maximum absolute atomic E-state index is 12.3. The van der Waals surface area contributed by atoms with Crippen molar-refractivity contribution in [3.8, 4) is 0 Å². The van der Waals surface area contributed by atoms with Gasteiger partial charge in [-0.3, -0.25) is 14.4 Å². The molecule has 2 rings (SSSR count). The fourth-order valence-electron chi connectivity index (χ4n) is 2.99. The molecule has 2 atom stereocenters. The van der Waals surface area contributed by atoms with Crippen molar-refractivity contribution in [1.29, 1.82) is 0 Å². The van der Waals surface area contributed by atoms with E-state index in [2.05, 4.69) is 22.2 Å². The molecule has 2 unspecified atom stereocenters. The highest BCUT2D eigenvalue weighted by atomic mass is 16.2. The van der Waals surface area contributed by atoms with E-state index < -0.39 is 0 Å². The van der Waals surface area contributed by atoms with Crippen molar-refractivity contribution < 1.29 is 4.79 Å². The lowest BCUT2D eigenvalue weighted by atomic mass is 9.93. The van der Waals surface area contributed by atoms with Gasteiger partial charge in [-0.15, -0.1) is 0 Å². The smallest absolute Gasteiger partial charge is 0.238 e. The molecule has 0 radical (unpaired) electrons. The van der Waals surface area contributed by atoms with Crippen LogP contribution in [0, 0.1) is 19.8 Å². The second-order valence-electron chi connectivity index (χ2n) is 6.18. The standard InChI is InChI=1S/C15H27N5O/c1-10-5-6-13(7-16)8-20(10)9-14(21)17-15-11(2)18-19(4)12(15)3/h10,13H,5-9,16H2,1-4H3,(H,17,21). The summed E-state index contributed by atoms with van der Waals surface area (Å²) < 4.78 is 1.79. The first kappa shape index (κ1) is 16.0. The Morgan fingerprint density at radius 3 is 2.71 bits per heavy atom. The van der Waals surface area contributed by atoms with Gasteiger partial charge in [0.25, 0.3) is 0 Å². The third-order valence-electron chi connectivity index (χ3n) is 4.56. The van der Waals surface area contributed by atoms with Crippen molar-refractivity contribution in [3.05, 3.63) is 11.4 Å². The molecule has 1 aliphatic heterocycles. The van der Waals surface area contributed by atoms with Gasteiger partial charge in [0.15, 0.2) is 0 Å². The molecule has 1 aromatic heterocycles. The molecule has 1 amide bonds. The molecule has 0 bridgehead atoms. The predicted molar refractivity (Wildman–Crippen MR) is 84.1 cm³/mol. The van der Waals surface area contributed by atoms with Gasteiger partial charge >= 0.3 is 0 Å². The minimum Gasteiger partial charge on any atom is -0.330 e. The summed E-state index contributed by atoms with van der Waals surface area (Å²) in [7, 11) is 1.89. The molecule has 3 N–H and O–H groups in total. The molecular weight excluding hydrogens is 266 g/mol. The summed E-state index contributed by atoms with van der Waals surface area (Å²) in [6.45, 7) is 8.09. The fourth-order valence-corrected chi connectivity index (χ4v) is 2.99. The number of aryl methyl sites for hydroxylation is 2. The van der Waals surface area contributed by atoms with Crippen LogP contribution in [-0.4, -0.2) is 46.3 Å². The zero-order chi connectivity index (χ0) is 15.6. The lowest BCUT2D eigenvalue weighted by Gasteiger charge is -2.37. The maximum Gasteiger partial charge on any atom is 0.238 e. The Bertz CT molecular complexity index is 510. The molecule has 1 saturated heterocycles. The molecule has 0 saturated carbocycles. The maximum atomic E-state index is 12.3. The first-order chi connectivity index (χ1) is 9.92. The minimum atomic E-state index is 0.0266. The molecule has 1 aromatic rings. The Kier molecular flexibility index (Phi) is 5.00. The van der Waals surface area contributed by atoms with E-state index >= 15 is 0 Å². The van der Waals surface area contributed by atoms with E-state index in [1.54, 1.807) is 4.68 Å². The number of carbonyl (C=O) groups is 1. The van der Waals surface area contributed by atoms with Crippen LogP contribution in [0.25, 0.3) is 0 Å². The van der Waals surface area contributed by atoms with Gasteiger partial charge in [0.1, 0.15) is 0 Å². The summed E-state index contributed by atoms with van der Waals surface area (Å²) >= 11 is 0. The van der Waals surface area contributed by atoms with Crippen LogP contribution < -0.4 is 11.1 Å². The lowest BCUT2D eigenvalue weighted by Crippen LogP contribution is -2.47. The molecule has 0 aromatic carbocycles. The highest BCUT2D eigenvalue weighted by molar-refractivity contribution is 5.93. The van der Waals surface area contributed by atoms with Crippen LogP contribution in [0.15, 0.2) is 0 Å². The van der Waals surface area contributed by atoms with Gasteiger partial charge in [-0.1, -0.05) is 0 Å². The number of aromatic nitrogens is 2. The number of likely N-dealkylation sites (tertiary alicyclic amines) is 1. The number of hydrogen-bond donors (Lipinski definition) is 2. The summed E-state index contributed by atoms with van der Waals surface area (Å²) in [5, 5.41) is 7.33. The van der Waals surface area contributed by atoms with E-state index in [0.717, 1.165) is 36.5 Å². The van der Waals surface area contributed by atoms with Crippen LogP contribution >= 0.6 is 0 Å². The normalized spacial score (nSPS) is 23.3. The largest absolute Gasteiger partial charge is 0.330 e. The Labute approximate surface area is 126 Å². The number of anilines is 1. The number of amides is 1. The van der Waals surface area contributed by atoms with E-state index in [9.17, 15) is 4.79 Å². The van der Waals surface area contributed by atoms with Gasteiger partial charge in [-0.2, -0.15) is 5.10 Å². The van der Waals surface area contributed by atoms with Crippen molar-refractivity contribution in [1.82, 2.24) is 14.7 Å². The first-order valence-corrected chi connectivity index (χ1v) is 7.66. The van der Waals surface area contributed by atoms with Crippen molar-refractivity contribution >= 4 is 11.6 Å². The highest BCUT2D eigenvalue weighted by Gasteiger charge is 2.26. The van der Waals surface area contributed by atoms with Crippen molar-refractivity contribution in [2.45, 2.75) is 39.7 Å². The van der Waals surface area contributed by atoms with Gasteiger partial charge < -0.3 is 11.1 Å². The van der Waals surface area contributed by atoms with Crippen molar-refractivity contribution in [2.75, 3.05) is 25.0 Å². The molecule has 1 fully saturated rings. The summed E-state index contributed by atoms with van der Waals surface area (Å²) in [5.74, 6) is 0.537. The third kappa shape index (κ3) is 3.63. The number of piperidine rings is 1. The lowest BCUT2D eigenvalue weighted by molar-refractivity contribution is -0.118. The van der Waals surface area contributed by atoms with Crippen LogP contribution in [-0.2, 0) is 11.8 Å². The van der Waals surface area contributed by atoms with Gasteiger partial charge in [0.2, 0.25) is 5.91 Å². The van der Waals surface area contributed by atoms with E-state index in [-0.39, 0.29) is 5.91 Å². The van der Waals surface area contributed by atoms with E-state index in [0.29, 0.717) is 25.0 Å². The Hall–Kier alpha value is -1.40. The molecule has 6 nitrogen and oxygen atoms in total. The zero-order valence-corrected chi connectivity index (χ0v) is 13.5. The Balaban J connectivity index is 1.97. The van der Waals surface area contributed by atoms with Crippen LogP contribution in [0.5, 0.6) is 0 Å². The summed E-state index contributed by atoms with van der Waals surface area (Å²) in [6.07, 6.45) is 2.27. The van der Waals surface area contributed by atoms with E-state index in [1.807, 2.05) is 20.9 Å². The molecule has 21 heavy (non-hydrogen) atoms. The van der Waals surface area contributed by atoms with Crippen LogP contribution in [0.4, 0.5) is 5.69 Å². The van der Waals surface area contributed by atoms with Crippen molar-refractivity contribution in [3.63, 3.8) is 0 Å². The molecule has 2 heterocycles. The minimum absolute atomic E-state index is 0.0266. The first-order valence-electron chi connectivity index (χ1n) is 7.66. The quantitative estimate of drug-likeness (QED) is 0.869. The highest BCUT2D eigenvalue weighted by Crippen LogP contribution is 2.22. The molecule has 0 aliphatic carbocycles. The summed E-state index contributed by atoms with van der Waals surface area (Å²) in [4.78, 5) is 14.5. The molecular formula is C15H27N5O. The van der Waals surface area contributed by atoms with E-state index in [4.69, 9.17) is 5.73 Å². The topological polar surface area (TPSA) is 76.2 Å². The van der Waals surface area contributed by atoms with Crippen LogP contribution in [0.3, 0.4) is 0 Å². The second-order valence-corrected chi connectivity index (χ2v) is 6.18. The Morgan fingerprint density at radius 1 is 1.43 bits per heavy atom. The third-order valence-corrected chi connectivity index (χ3v) is 4.56. The molecule has 6 heteroatoms. The van der Waals surface area contributed by atoms with Crippen molar-refractivity contribution in [2.24, 2.45) is 18.7 Å². The van der Waals surface area contributed by atoms with Crippen LogP contribution in [0.1, 0.15) is 31.2 Å². The monoisotopic (exact) mass is 293 g/mol. The molecule has 0 spiro atoms. The van der Waals surface area contributed by atoms with Gasteiger partial charge in [-0.25, -0.2) is 0 Å². The summed E-state index contributed by atoms with van der Waals surface area (Å²) in [5.41, 5.74) is 8.44. The Morgan fingerprint density at radius 2 is 2.14 bits per heavy atom. The average Bonchev–Trinajstić information content (AvgIpc) is 2.68. The zero-order valence-electron chi connectivity index (χ0n) is 13.5. The van der Waals surface area contributed by atoms with E-state index in [1.165, 1.54) is 0 Å². The number of nitrogens with one attached hydrogen (secondary N) is 1. The number of carbonyl (C=O) groups excluding carboxylic acids is 1. The fraction of sp³-hybridized carbons (Fsp3) is 0.733. The predicted octanol–water partition coefficient (Wildman–Crippen LogP) is 1.03.